The van der Waals surface area contributed by atoms with Gasteiger partial charge in [-0.3, -0.25) is 4.79 Å². The fourth-order valence-electron chi connectivity index (χ4n) is 2.32. The highest BCUT2D eigenvalue weighted by molar-refractivity contribution is 6.18. The van der Waals surface area contributed by atoms with Crippen LogP contribution in [-0.2, 0) is 16.0 Å². The van der Waals surface area contributed by atoms with Crippen LogP contribution in [0.25, 0.3) is 0 Å². The Morgan fingerprint density at radius 2 is 1.88 bits per heavy atom. The summed E-state index contributed by atoms with van der Waals surface area (Å²) >= 11 is 11.8. The molecule has 1 atom stereocenters. The number of rotatable bonds is 10. The van der Waals surface area contributed by atoms with E-state index >= 15 is 0 Å². The lowest BCUT2D eigenvalue weighted by atomic mass is 10.0. The van der Waals surface area contributed by atoms with Crippen molar-refractivity contribution in [1.82, 2.24) is 0 Å². The Morgan fingerprint density at radius 3 is 2.38 bits per heavy atom. The van der Waals surface area contributed by atoms with Gasteiger partial charge in [0.1, 0.15) is 11.8 Å². The number of nitrogens with zero attached hydrogens (tertiary/aromatic N) is 1. The summed E-state index contributed by atoms with van der Waals surface area (Å²) in [4.78, 5) is 13.9. The van der Waals surface area contributed by atoms with Gasteiger partial charge in [-0.05, 0) is 38.0 Å². The molecule has 0 aliphatic carbocycles. The second-order valence-electron chi connectivity index (χ2n) is 5.67. The first-order valence-electron chi connectivity index (χ1n) is 7.92. The zero-order valence-corrected chi connectivity index (χ0v) is 15.9. The average Bonchev–Trinajstić information content (AvgIpc) is 2.54. The number of methoxy groups -OCH3 is 1. The maximum Gasteiger partial charge on any atom is 0.323 e. The number of ether oxygens (including phenoxy) is 2. The predicted molar refractivity (Wildman–Crippen MR) is 99.6 cm³/mol. The van der Waals surface area contributed by atoms with Crippen LogP contribution in [0.2, 0.25) is 0 Å². The molecule has 2 N–H and O–H groups in total. The van der Waals surface area contributed by atoms with Gasteiger partial charge in [-0.2, -0.15) is 0 Å². The van der Waals surface area contributed by atoms with E-state index in [1.165, 1.54) is 0 Å². The molecule has 0 spiro atoms. The highest BCUT2D eigenvalue weighted by Gasteiger charge is 2.19. The number of anilines is 1. The molecule has 0 saturated carbocycles. The van der Waals surface area contributed by atoms with Crippen molar-refractivity contribution in [2.75, 3.05) is 36.9 Å². The van der Waals surface area contributed by atoms with Gasteiger partial charge in [0.05, 0.1) is 18.9 Å². The van der Waals surface area contributed by atoms with Crippen LogP contribution in [0.5, 0.6) is 5.75 Å². The largest absolute Gasteiger partial charge is 0.495 e. The van der Waals surface area contributed by atoms with Crippen molar-refractivity contribution in [3.05, 3.63) is 23.8 Å². The Kier molecular flexibility index (Phi) is 9.26. The Bertz CT molecular complexity index is 521. The summed E-state index contributed by atoms with van der Waals surface area (Å²) in [5, 5.41) is 0. The third kappa shape index (κ3) is 6.38. The standard InChI is InChI=1S/C17H26Cl2N2O3/c1-12(2)24-17(22)14(20)10-13-4-5-16(23-3)15(11-13)21(8-6-18)9-7-19/h4-5,11-12,14H,6-10,20H2,1-3H3. The van der Waals surface area contributed by atoms with Crippen LogP contribution in [-0.4, -0.2) is 50.1 Å². The van der Waals surface area contributed by atoms with E-state index in [0.717, 1.165) is 17.0 Å². The molecule has 0 radical (unpaired) electrons. The molecule has 1 unspecified atom stereocenters. The molecule has 136 valence electrons. The molecule has 5 nitrogen and oxygen atoms in total. The lowest BCUT2D eigenvalue weighted by Crippen LogP contribution is -2.35. The highest BCUT2D eigenvalue weighted by Crippen LogP contribution is 2.30. The zero-order chi connectivity index (χ0) is 18.1. The number of nitrogens with two attached hydrogens (primary N) is 1. The summed E-state index contributed by atoms with van der Waals surface area (Å²) in [6, 6.07) is 5.01. The normalized spacial score (nSPS) is 12.1. The minimum Gasteiger partial charge on any atom is -0.495 e. The van der Waals surface area contributed by atoms with E-state index in [0.29, 0.717) is 31.3 Å². The number of carbonyl (C=O) groups excluding carboxylic acids is 1. The second-order valence-corrected chi connectivity index (χ2v) is 6.42. The van der Waals surface area contributed by atoms with Gasteiger partial charge in [0.2, 0.25) is 0 Å². The van der Waals surface area contributed by atoms with Crippen LogP contribution in [0.1, 0.15) is 19.4 Å². The molecular formula is C17H26Cl2N2O3. The maximum absolute atomic E-state index is 11.9. The summed E-state index contributed by atoms with van der Waals surface area (Å²) in [6.07, 6.45) is 0.205. The minimum atomic E-state index is -0.705. The van der Waals surface area contributed by atoms with E-state index in [1.807, 2.05) is 18.2 Å². The van der Waals surface area contributed by atoms with Gasteiger partial charge < -0.3 is 20.1 Å². The molecule has 1 aromatic carbocycles. The molecule has 0 aliphatic heterocycles. The molecule has 7 heteroatoms. The SMILES string of the molecule is COc1ccc(CC(N)C(=O)OC(C)C)cc1N(CCCl)CCCl. The summed E-state index contributed by atoms with van der Waals surface area (Å²) in [6.45, 7) is 4.89. The Hall–Kier alpha value is -1.17. The second kappa shape index (κ2) is 10.6. The van der Waals surface area contributed by atoms with Crippen LogP contribution in [0.3, 0.4) is 0 Å². The molecule has 24 heavy (non-hydrogen) atoms. The number of alkyl halides is 2. The molecule has 0 heterocycles. The molecule has 0 amide bonds. The lowest BCUT2D eigenvalue weighted by Gasteiger charge is -2.25. The van der Waals surface area contributed by atoms with Crippen LogP contribution < -0.4 is 15.4 Å². The summed E-state index contributed by atoms with van der Waals surface area (Å²) < 4.78 is 10.6. The third-order valence-corrected chi connectivity index (χ3v) is 3.74. The summed E-state index contributed by atoms with van der Waals surface area (Å²) in [5.74, 6) is 1.28. The van der Waals surface area contributed by atoms with Gasteiger partial charge in [-0.15, -0.1) is 23.2 Å². The maximum atomic E-state index is 11.9. The number of carbonyl (C=O) groups is 1. The van der Waals surface area contributed by atoms with Crippen LogP contribution >= 0.6 is 23.2 Å². The summed E-state index contributed by atoms with van der Waals surface area (Å²) in [5.41, 5.74) is 7.76. The number of benzene rings is 1. The van der Waals surface area contributed by atoms with Crippen LogP contribution in [0.15, 0.2) is 18.2 Å². The van der Waals surface area contributed by atoms with Gasteiger partial charge in [0, 0.05) is 24.8 Å². The first-order chi connectivity index (χ1) is 11.4. The Labute approximate surface area is 154 Å². The van der Waals surface area contributed by atoms with E-state index in [1.54, 1.807) is 21.0 Å². The van der Waals surface area contributed by atoms with Crippen molar-refractivity contribution >= 4 is 34.9 Å². The van der Waals surface area contributed by atoms with Crippen molar-refractivity contribution in [3.8, 4) is 5.75 Å². The first kappa shape index (κ1) is 20.9. The molecule has 0 aliphatic rings. The molecule has 1 aromatic rings. The van der Waals surface area contributed by atoms with E-state index in [-0.39, 0.29) is 6.10 Å². The molecule has 0 bridgehead atoms. The van der Waals surface area contributed by atoms with Crippen molar-refractivity contribution in [1.29, 1.82) is 0 Å². The molecular weight excluding hydrogens is 351 g/mol. The van der Waals surface area contributed by atoms with E-state index in [9.17, 15) is 4.79 Å². The average molecular weight is 377 g/mol. The van der Waals surface area contributed by atoms with Gasteiger partial charge in [-0.25, -0.2) is 0 Å². The monoisotopic (exact) mass is 376 g/mol. The Balaban J connectivity index is 2.97. The van der Waals surface area contributed by atoms with Crippen LogP contribution in [0.4, 0.5) is 5.69 Å². The van der Waals surface area contributed by atoms with Gasteiger partial charge in [0.15, 0.2) is 0 Å². The molecule has 0 aromatic heterocycles. The summed E-state index contributed by atoms with van der Waals surface area (Å²) in [7, 11) is 1.61. The van der Waals surface area contributed by atoms with Crippen molar-refractivity contribution in [2.45, 2.75) is 32.4 Å². The topological polar surface area (TPSA) is 64.8 Å². The predicted octanol–water partition coefficient (Wildman–Crippen LogP) is 2.80. The van der Waals surface area contributed by atoms with E-state index in [2.05, 4.69) is 4.90 Å². The third-order valence-electron chi connectivity index (χ3n) is 3.40. The lowest BCUT2D eigenvalue weighted by molar-refractivity contribution is -0.148. The van der Waals surface area contributed by atoms with Gasteiger partial charge in [-0.1, -0.05) is 6.07 Å². The van der Waals surface area contributed by atoms with E-state index < -0.39 is 12.0 Å². The van der Waals surface area contributed by atoms with E-state index in [4.69, 9.17) is 38.4 Å². The molecule has 0 saturated heterocycles. The quantitative estimate of drug-likeness (QED) is 0.502. The smallest absolute Gasteiger partial charge is 0.323 e. The van der Waals surface area contributed by atoms with Crippen molar-refractivity contribution in [3.63, 3.8) is 0 Å². The fourth-order valence-corrected chi connectivity index (χ4v) is 2.73. The number of hydrogen-bond donors (Lipinski definition) is 1. The Morgan fingerprint density at radius 1 is 1.25 bits per heavy atom. The molecule has 0 fully saturated rings. The molecule has 1 rings (SSSR count). The van der Waals surface area contributed by atoms with Gasteiger partial charge in [0.25, 0.3) is 0 Å². The van der Waals surface area contributed by atoms with Crippen molar-refractivity contribution in [2.24, 2.45) is 5.73 Å². The fraction of sp³-hybridized carbons (Fsp3) is 0.588. The van der Waals surface area contributed by atoms with Gasteiger partial charge >= 0.3 is 5.97 Å². The first-order valence-corrected chi connectivity index (χ1v) is 8.99. The number of halogens is 2. The van der Waals surface area contributed by atoms with Crippen molar-refractivity contribution < 1.29 is 14.3 Å². The number of esters is 1. The zero-order valence-electron chi connectivity index (χ0n) is 14.4. The highest BCUT2D eigenvalue weighted by atomic mass is 35.5. The number of hydrogen-bond acceptors (Lipinski definition) is 5. The minimum absolute atomic E-state index is 0.182. The van der Waals surface area contributed by atoms with Crippen LogP contribution in [0, 0.1) is 0 Å².